The fourth-order valence-corrected chi connectivity index (χ4v) is 3.07. The first-order valence-electron chi connectivity index (χ1n) is 8.15. The van der Waals surface area contributed by atoms with E-state index < -0.39 is 0 Å². The van der Waals surface area contributed by atoms with Gasteiger partial charge in [0.15, 0.2) is 0 Å². The Morgan fingerprint density at radius 3 is 2.15 bits per heavy atom. The molecule has 2 unspecified atom stereocenters. The molecule has 0 aromatic rings. The number of nitrogens with zero attached hydrogens (tertiary/aromatic N) is 1. The van der Waals surface area contributed by atoms with Crippen LogP contribution >= 0.6 is 0 Å². The van der Waals surface area contributed by atoms with Crippen LogP contribution in [-0.2, 0) is 9.47 Å². The van der Waals surface area contributed by atoms with Gasteiger partial charge in [-0.3, -0.25) is 4.90 Å². The third-order valence-electron chi connectivity index (χ3n) is 4.33. The minimum atomic E-state index is 0.284. The Morgan fingerprint density at radius 1 is 1.10 bits per heavy atom. The van der Waals surface area contributed by atoms with E-state index in [1.165, 1.54) is 12.8 Å². The van der Waals surface area contributed by atoms with Crippen LogP contribution in [0.3, 0.4) is 0 Å². The average molecular weight is 286 g/mol. The van der Waals surface area contributed by atoms with Gasteiger partial charge in [-0.1, -0.05) is 13.8 Å². The second kappa shape index (κ2) is 8.98. The third kappa shape index (κ3) is 6.08. The molecule has 0 heterocycles. The zero-order valence-corrected chi connectivity index (χ0v) is 13.9. The van der Waals surface area contributed by atoms with E-state index in [-0.39, 0.29) is 6.04 Å². The molecule has 0 saturated heterocycles. The van der Waals surface area contributed by atoms with Crippen LogP contribution < -0.4 is 5.73 Å². The van der Waals surface area contributed by atoms with E-state index in [1.54, 1.807) is 0 Å². The highest BCUT2D eigenvalue weighted by atomic mass is 16.5. The van der Waals surface area contributed by atoms with E-state index in [9.17, 15) is 0 Å². The van der Waals surface area contributed by atoms with Gasteiger partial charge in [-0.2, -0.15) is 0 Å². The molecule has 0 aliphatic heterocycles. The van der Waals surface area contributed by atoms with Crippen LogP contribution in [0.4, 0.5) is 0 Å². The van der Waals surface area contributed by atoms with Crippen LogP contribution in [0.2, 0.25) is 0 Å². The van der Waals surface area contributed by atoms with Crippen molar-refractivity contribution in [3.05, 3.63) is 0 Å². The summed E-state index contributed by atoms with van der Waals surface area (Å²) in [6.07, 6.45) is 3.53. The number of ether oxygens (including phenoxy) is 2. The fraction of sp³-hybridized carbons (Fsp3) is 1.00. The van der Waals surface area contributed by atoms with Crippen molar-refractivity contribution in [2.24, 2.45) is 11.1 Å². The normalized spacial score (nSPS) is 26.1. The summed E-state index contributed by atoms with van der Waals surface area (Å²) in [7, 11) is 0. The summed E-state index contributed by atoms with van der Waals surface area (Å²) in [5.41, 5.74) is 6.78. The first-order valence-corrected chi connectivity index (χ1v) is 8.15. The maximum atomic E-state index is 6.39. The highest BCUT2D eigenvalue weighted by Crippen LogP contribution is 2.36. The van der Waals surface area contributed by atoms with Crippen LogP contribution in [0.5, 0.6) is 0 Å². The van der Waals surface area contributed by atoms with Crippen molar-refractivity contribution in [1.82, 2.24) is 4.90 Å². The molecule has 20 heavy (non-hydrogen) atoms. The predicted molar refractivity (Wildman–Crippen MR) is 84.0 cm³/mol. The summed E-state index contributed by atoms with van der Waals surface area (Å²) in [6.45, 7) is 13.8. The molecule has 2 N–H and O–H groups in total. The largest absolute Gasteiger partial charge is 0.380 e. The van der Waals surface area contributed by atoms with Crippen LogP contribution in [0.1, 0.15) is 47.0 Å². The van der Waals surface area contributed by atoms with Gasteiger partial charge in [0.1, 0.15) is 0 Å². The van der Waals surface area contributed by atoms with Gasteiger partial charge in [0.25, 0.3) is 0 Å². The Bertz CT molecular complexity index is 249. The van der Waals surface area contributed by atoms with Gasteiger partial charge in [-0.25, -0.2) is 0 Å². The van der Waals surface area contributed by atoms with Crippen LogP contribution in [0.25, 0.3) is 0 Å². The fourth-order valence-electron chi connectivity index (χ4n) is 3.07. The number of nitrogens with two attached hydrogens (primary N) is 1. The standard InChI is InChI=1S/C16H34N2O2/c1-5-19-11-9-18(10-12-20-6-2)15-13-16(3,4)8-7-14(15)17/h14-15H,5-13,17H2,1-4H3. The molecular formula is C16H34N2O2. The minimum absolute atomic E-state index is 0.284. The number of rotatable bonds is 9. The molecule has 0 aromatic carbocycles. The maximum absolute atomic E-state index is 6.39. The second-order valence-electron chi connectivity index (χ2n) is 6.57. The zero-order valence-electron chi connectivity index (χ0n) is 13.9. The molecule has 1 aliphatic rings. The Kier molecular flexibility index (Phi) is 8.03. The molecule has 1 aliphatic carbocycles. The van der Waals surface area contributed by atoms with Crippen molar-refractivity contribution in [2.45, 2.75) is 59.0 Å². The van der Waals surface area contributed by atoms with E-state index in [2.05, 4.69) is 18.7 Å². The summed E-state index contributed by atoms with van der Waals surface area (Å²) in [6, 6.07) is 0.742. The molecular weight excluding hydrogens is 252 g/mol. The van der Waals surface area contributed by atoms with Crippen molar-refractivity contribution >= 4 is 0 Å². The lowest BCUT2D eigenvalue weighted by Crippen LogP contribution is -2.54. The monoisotopic (exact) mass is 286 g/mol. The van der Waals surface area contributed by atoms with Gasteiger partial charge >= 0.3 is 0 Å². The maximum Gasteiger partial charge on any atom is 0.0593 e. The molecule has 1 fully saturated rings. The van der Waals surface area contributed by atoms with Crippen molar-refractivity contribution in [2.75, 3.05) is 39.5 Å². The lowest BCUT2D eigenvalue weighted by molar-refractivity contribution is 0.0258. The SMILES string of the molecule is CCOCCN(CCOCC)C1CC(C)(C)CCC1N. The molecule has 2 atom stereocenters. The summed E-state index contributed by atoms with van der Waals surface area (Å²) in [5.74, 6) is 0. The summed E-state index contributed by atoms with van der Waals surface area (Å²) < 4.78 is 11.1. The molecule has 4 heteroatoms. The smallest absolute Gasteiger partial charge is 0.0593 e. The molecule has 120 valence electrons. The quantitative estimate of drug-likeness (QED) is 0.661. The Morgan fingerprint density at radius 2 is 1.65 bits per heavy atom. The highest BCUT2D eigenvalue weighted by Gasteiger charge is 2.36. The van der Waals surface area contributed by atoms with Gasteiger partial charge in [0, 0.05) is 38.4 Å². The molecule has 1 rings (SSSR count). The topological polar surface area (TPSA) is 47.7 Å². The highest BCUT2D eigenvalue weighted by molar-refractivity contribution is 4.92. The van der Waals surface area contributed by atoms with E-state index in [1.807, 2.05) is 13.8 Å². The lowest BCUT2D eigenvalue weighted by atomic mass is 9.72. The summed E-state index contributed by atoms with van der Waals surface area (Å²) in [4.78, 5) is 2.48. The summed E-state index contributed by atoms with van der Waals surface area (Å²) in [5, 5.41) is 0. The molecule has 0 amide bonds. The predicted octanol–water partition coefficient (Wildman–Crippen LogP) is 2.27. The Hall–Kier alpha value is -0.160. The van der Waals surface area contributed by atoms with E-state index in [0.717, 1.165) is 45.9 Å². The molecule has 0 spiro atoms. The molecule has 0 bridgehead atoms. The van der Waals surface area contributed by atoms with Crippen LogP contribution in [-0.4, -0.2) is 56.5 Å². The van der Waals surface area contributed by atoms with E-state index in [4.69, 9.17) is 15.2 Å². The van der Waals surface area contributed by atoms with Gasteiger partial charge in [0.05, 0.1) is 13.2 Å². The molecule has 0 aromatic heterocycles. The van der Waals surface area contributed by atoms with Crippen molar-refractivity contribution in [1.29, 1.82) is 0 Å². The van der Waals surface area contributed by atoms with Crippen LogP contribution in [0.15, 0.2) is 0 Å². The third-order valence-corrected chi connectivity index (χ3v) is 4.33. The van der Waals surface area contributed by atoms with Crippen LogP contribution in [0, 0.1) is 5.41 Å². The zero-order chi connectivity index (χ0) is 15.0. The number of hydrogen-bond acceptors (Lipinski definition) is 4. The summed E-state index contributed by atoms with van der Waals surface area (Å²) >= 11 is 0. The Balaban J connectivity index is 2.57. The van der Waals surface area contributed by atoms with Gasteiger partial charge in [-0.15, -0.1) is 0 Å². The van der Waals surface area contributed by atoms with Gasteiger partial charge < -0.3 is 15.2 Å². The first kappa shape index (κ1) is 17.9. The Labute approximate surface area is 125 Å². The minimum Gasteiger partial charge on any atom is -0.380 e. The molecule has 4 nitrogen and oxygen atoms in total. The first-order chi connectivity index (χ1) is 9.50. The average Bonchev–Trinajstić information content (AvgIpc) is 2.40. The van der Waals surface area contributed by atoms with Gasteiger partial charge in [0.2, 0.25) is 0 Å². The lowest BCUT2D eigenvalue weighted by Gasteiger charge is -2.44. The molecule has 1 saturated carbocycles. The van der Waals surface area contributed by atoms with E-state index >= 15 is 0 Å². The van der Waals surface area contributed by atoms with Gasteiger partial charge in [-0.05, 0) is 38.5 Å². The van der Waals surface area contributed by atoms with Crippen molar-refractivity contribution in [3.8, 4) is 0 Å². The van der Waals surface area contributed by atoms with E-state index in [0.29, 0.717) is 11.5 Å². The second-order valence-corrected chi connectivity index (χ2v) is 6.57. The van der Waals surface area contributed by atoms with Crippen molar-refractivity contribution in [3.63, 3.8) is 0 Å². The van der Waals surface area contributed by atoms with Crippen molar-refractivity contribution < 1.29 is 9.47 Å². The molecule has 0 radical (unpaired) electrons. The number of hydrogen-bond donors (Lipinski definition) is 1.